The smallest absolute Gasteiger partial charge is 0.362 e. The zero-order valence-electron chi connectivity index (χ0n) is 18.6. The fourth-order valence-electron chi connectivity index (χ4n) is 3.71. The molecule has 0 amide bonds. The van der Waals surface area contributed by atoms with Gasteiger partial charge in [-0.1, -0.05) is 0 Å². The molecule has 12 heteroatoms. The number of aromatic nitrogens is 6. The van der Waals surface area contributed by atoms with Crippen LogP contribution in [0.4, 0.5) is 18.9 Å². The second-order valence-corrected chi connectivity index (χ2v) is 8.59. The van der Waals surface area contributed by atoms with E-state index < -0.39 is 11.9 Å². The summed E-state index contributed by atoms with van der Waals surface area (Å²) in [4.78, 5) is 0. The van der Waals surface area contributed by atoms with Crippen molar-refractivity contribution in [3.8, 4) is 0 Å². The Morgan fingerprint density at radius 3 is 2.67 bits per heavy atom. The number of aryl methyl sites for hydroxylation is 2. The van der Waals surface area contributed by atoms with Crippen LogP contribution < -0.4 is 10.6 Å². The minimum Gasteiger partial charge on any atom is -0.362 e. The number of anilines is 1. The van der Waals surface area contributed by atoms with Crippen molar-refractivity contribution in [3.05, 3.63) is 47.3 Å². The van der Waals surface area contributed by atoms with Gasteiger partial charge < -0.3 is 10.6 Å². The lowest BCUT2D eigenvalue weighted by Crippen LogP contribution is -2.29. The highest BCUT2D eigenvalue weighted by molar-refractivity contribution is 7.80. The van der Waals surface area contributed by atoms with Gasteiger partial charge in [-0.25, -0.2) is 0 Å². The summed E-state index contributed by atoms with van der Waals surface area (Å²) in [5.41, 5.74) is 2.83. The highest BCUT2D eigenvalue weighted by Gasteiger charge is 2.37. The van der Waals surface area contributed by atoms with Gasteiger partial charge in [0.05, 0.1) is 24.6 Å². The molecule has 1 saturated carbocycles. The summed E-state index contributed by atoms with van der Waals surface area (Å²) >= 11 is 5.33. The summed E-state index contributed by atoms with van der Waals surface area (Å²) < 4.78 is 44.3. The minimum absolute atomic E-state index is 0.195. The molecule has 0 saturated heterocycles. The second kappa shape index (κ2) is 9.54. The van der Waals surface area contributed by atoms with E-state index in [-0.39, 0.29) is 5.92 Å². The maximum absolute atomic E-state index is 13.0. The molecule has 0 atom stereocenters. The number of nitrogens with one attached hydrogen (secondary N) is 2. The monoisotopic (exact) mass is 480 g/mol. The lowest BCUT2D eigenvalue weighted by atomic mass is 10.2. The number of hydrogen-bond donors (Lipinski definition) is 2. The number of thiocarbonyl (C=S) groups is 1. The van der Waals surface area contributed by atoms with Gasteiger partial charge in [-0.3, -0.25) is 14.0 Å². The second-order valence-electron chi connectivity index (χ2n) is 8.18. The third-order valence-electron chi connectivity index (χ3n) is 5.66. The summed E-state index contributed by atoms with van der Waals surface area (Å²) in [5.74, 6) is 0.195. The Labute approximate surface area is 195 Å². The highest BCUT2D eigenvalue weighted by Crippen LogP contribution is 2.42. The van der Waals surface area contributed by atoms with Crippen LogP contribution in [-0.2, 0) is 25.8 Å². The molecule has 33 heavy (non-hydrogen) atoms. The third-order valence-corrected chi connectivity index (χ3v) is 5.90. The van der Waals surface area contributed by atoms with E-state index in [9.17, 15) is 13.2 Å². The lowest BCUT2D eigenvalue weighted by Gasteiger charge is -2.10. The van der Waals surface area contributed by atoms with E-state index in [1.807, 2.05) is 28.7 Å². The van der Waals surface area contributed by atoms with Crippen molar-refractivity contribution >= 4 is 23.0 Å². The van der Waals surface area contributed by atoms with Crippen molar-refractivity contribution < 1.29 is 13.2 Å². The Balaban J connectivity index is 1.24. The first-order valence-electron chi connectivity index (χ1n) is 11.0. The third kappa shape index (κ3) is 5.73. The van der Waals surface area contributed by atoms with Gasteiger partial charge >= 0.3 is 6.18 Å². The number of alkyl halides is 3. The minimum atomic E-state index is -4.42. The Hall–Kier alpha value is -2.89. The first kappa shape index (κ1) is 23.3. The van der Waals surface area contributed by atoms with Gasteiger partial charge in [-0.05, 0) is 51.4 Å². The molecule has 0 aliphatic heterocycles. The van der Waals surface area contributed by atoms with Crippen molar-refractivity contribution in [2.24, 2.45) is 0 Å². The molecule has 3 aromatic rings. The van der Waals surface area contributed by atoms with Gasteiger partial charge in [0.15, 0.2) is 10.8 Å². The van der Waals surface area contributed by atoms with Crippen LogP contribution in [0.1, 0.15) is 54.7 Å². The molecular weight excluding hydrogens is 453 g/mol. The average Bonchev–Trinajstić information content (AvgIpc) is 3.19. The van der Waals surface area contributed by atoms with Gasteiger partial charge in [0.1, 0.15) is 0 Å². The van der Waals surface area contributed by atoms with Crippen molar-refractivity contribution in [1.29, 1.82) is 0 Å². The topological polar surface area (TPSA) is 77.5 Å². The zero-order valence-corrected chi connectivity index (χ0v) is 19.4. The van der Waals surface area contributed by atoms with Crippen LogP contribution in [0, 0.1) is 6.92 Å². The molecule has 1 aliphatic carbocycles. The molecule has 0 radical (unpaired) electrons. The predicted octanol–water partition coefficient (Wildman–Crippen LogP) is 3.93. The Morgan fingerprint density at radius 2 is 2.00 bits per heavy atom. The van der Waals surface area contributed by atoms with Crippen LogP contribution in [0.15, 0.2) is 24.7 Å². The standard InChI is InChI=1S/C21H27F3N8S/c1-3-31-14(2)16(10-27-31)12-30-13-17(11-26-30)28-20(33)25-7-4-8-32-18(15-5-6-15)9-19(29-32)21(22,23)24/h9-11,13,15H,3-8,12H2,1-2H3,(H2,25,28,33). The van der Waals surface area contributed by atoms with E-state index in [2.05, 4.69) is 32.9 Å². The Kier molecular flexibility index (Phi) is 6.73. The molecule has 3 heterocycles. The van der Waals surface area contributed by atoms with Crippen LogP contribution >= 0.6 is 12.2 Å². The number of halogens is 3. The summed E-state index contributed by atoms with van der Waals surface area (Å²) in [6, 6.07) is 1.18. The molecule has 0 unspecified atom stereocenters. The maximum Gasteiger partial charge on any atom is 0.435 e. The van der Waals surface area contributed by atoms with Crippen molar-refractivity contribution in [1.82, 2.24) is 34.7 Å². The molecule has 0 aromatic carbocycles. The molecule has 0 spiro atoms. The molecular formula is C21H27F3N8S. The molecule has 178 valence electrons. The molecule has 1 fully saturated rings. The number of rotatable bonds is 9. The average molecular weight is 481 g/mol. The van der Waals surface area contributed by atoms with Gasteiger partial charge in [0, 0.05) is 48.7 Å². The van der Waals surface area contributed by atoms with E-state index in [1.54, 1.807) is 6.20 Å². The summed E-state index contributed by atoms with van der Waals surface area (Å²) in [6.07, 6.45) is 3.43. The van der Waals surface area contributed by atoms with Crippen LogP contribution in [-0.4, -0.2) is 41.0 Å². The fourth-order valence-corrected chi connectivity index (χ4v) is 3.93. The normalized spacial score (nSPS) is 14.0. The SMILES string of the molecule is CCn1ncc(Cn2cc(NC(=S)NCCCn3nc(C(F)(F)F)cc3C3CC3)cn2)c1C. The van der Waals surface area contributed by atoms with Crippen molar-refractivity contribution in [2.75, 3.05) is 11.9 Å². The molecule has 4 rings (SSSR count). The summed E-state index contributed by atoms with van der Waals surface area (Å²) in [7, 11) is 0. The first-order valence-corrected chi connectivity index (χ1v) is 11.4. The molecule has 8 nitrogen and oxygen atoms in total. The molecule has 0 bridgehead atoms. The van der Waals surface area contributed by atoms with E-state index in [0.717, 1.165) is 36.3 Å². The van der Waals surface area contributed by atoms with Crippen LogP contribution in [0.25, 0.3) is 0 Å². The lowest BCUT2D eigenvalue weighted by molar-refractivity contribution is -0.141. The van der Waals surface area contributed by atoms with E-state index in [0.29, 0.717) is 36.9 Å². The van der Waals surface area contributed by atoms with Gasteiger partial charge in [-0.15, -0.1) is 0 Å². The van der Waals surface area contributed by atoms with Crippen molar-refractivity contribution in [3.63, 3.8) is 0 Å². The molecule has 1 aliphatic rings. The van der Waals surface area contributed by atoms with Gasteiger partial charge in [0.2, 0.25) is 0 Å². The quantitative estimate of drug-likeness (QED) is 0.357. The van der Waals surface area contributed by atoms with Gasteiger partial charge in [0.25, 0.3) is 0 Å². The summed E-state index contributed by atoms with van der Waals surface area (Å²) in [5, 5.41) is 19.1. The van der Waals surface area contributed by atoms with Crippen LogP contribution in [0.5, 0.6) is 0 Å². The Morgan fingerprint density at radius 1 is 1.21 bits per heavy atom. The van der Waals surface area contributed by atoms with Crippen molar-refractivity contribution in [2.45, 2.75) is 64.8 Å². The zero-order chi connectivity index (χ0) is 23.6. The van der Waals surface area contributed by atoms with E-state index in [4.69, 9.17) is 12.2 Å². The van der Waals surface area contributed by atoms with Crippen LogP contribution in [0.3, 0.4) is 0 Å². The summed E-state index contributed by atoms with van der Waals surface area (Å²) in [6.45, 7) is 6.44. The first-order chi connectivity index (χ1) is 15.7. The Bertz CT molecular complexity index is 1110. The number of hydrogen-bond acceptors (Lipinski definition) is 4. The molecule has 2 N–H and O–H groups in total. The molecule has 3 aromatic heterocycles. The highest BCUT2D eigenvalue weighted by atomic mass is 32.1. The van der Waals surface area contributed by atoms with E-state index >= 15 is 0 Å². The fraction of sp³-hybridized carbons (Fsp3) is 0.524. The predicted molar refractivity (Wildman–Crippen MR) is 122 cm³/mol. The van der Waals surface area contributed by atoms with E-state index in [1.165, 1.54) is 10.7 Å². The van der Waals surface area contributed by atoms with Crippen LogP contribution in [0.2, 0.25) is 0 Å². The number of nitrogens with zero attached hydrogens (tertiary/aromatic N) is 6. The maximum atomic E-state index is 13.0. The van der Waals surface area contributed by atoms with Gasteiger partial charge in [-0.2, -0.15) is 28.5 Å². The largest absolute Gasteiger partial charge is 0.435 e.